The summed E-state index contributed by atoms with van der Waals surface area (Å²) < 4.78 is 11.2. The van der Waals surface area contributed by atoms with Gasteiger partial charge in [-0.2, -0.15) is 0 Å². The highest BCUT2D eigenvalue weighted by Crippen LogP contribution is 2.34. The van der Waals surface area contributed by atoms with Gasteiger partial charge in [-0.05, 0) is 42.5 Å². The first kappa shape index (κ1) is 13.2. The fraction of sp³-hybridized carbons (Fsp3) is 0.600. The van der Waals surface area contributed by atoms with Crippen LogP contribution in [-0.2, 0) is 0 Å². The van der Waals surface area contributed by atoms with E-state index in [1.807, 2.05) is 6.07 Å². The van der Waals surface area contributed by atoms with E-state index in [-0.39, 0.29) is 0 Å². The molecule has 3 nitrogen and oxygen atoms in total. The lowest BCUT2D eigenvalue weighted by molar-refractivity contribution is 0.282. The molecule has 0 bridgehead atoms. The summed E-state index contributed by atoms with van der Waals surface area (Å²) >= 11 is 0. The molecular weight excluding hydrogens is 226 g/mol. The lowest BCUT2D eigenvalue weighted by Crippen LogP contribution is -2.09. The van der Waals surface area contributed by atoms with E-state index in [2.05, 4.69) is 19.1 Å². The van der Waals surface area contributed by atoms with Crippen molar-refractivity contribution < 1.29 is 9.47 Å². The minimum absolute atomic E-state index is 0.349. The molecule has 0 heterocycles. The second-order valence-corrected chi connectivity index (χ2v) is 5.13. The van der Waals surface area contributed by atoms with E-state index in [1.54, 1.807) is 7.11 Å². The number of methoxy groups -OCH3 is 1. The Balaban J connectivity index is 2.03. The molecule has 0 saturated heterocycles. The number of ether oxygens (including phenoxy) is 2. The molecule has 1 aromatic rings. The number of rotatable bonds is 7. The summed E-state index contributed by atoms with van der Waals surface area (Å²) in [4.78, 5) is 0. The highest BCUT2D eigenvalue weighted by molar-refractivity contribution is 5.44. The third-order valence-corrected chi connectivity index (χ3v) is 3.59. The van der Waals surface area contributed by atoms with Gasteiger partial charge in [0.05, 0.1) is 13.7 Å². The van der Waals surface area contributed by atoms with E-state index in [4.69, 9.17) is 15.2 Å². The zero-order valence-electron chi connectivity index (χ0n) is 11.3. The topological polar surface area (TPSA) is 44.5 Å². The average Bonchev–Trinajstić information content (AvgIpc) is 3.22. The molecule has 0 spiro atoms. The van der Waals surface area contributed by atoms with Crippen LogP contribution in [-0.4, -0.2) is 20.3 Å². The van der Waals surface area contributed by atoms with Crippen molar-refractivity contribution in [2.24, 2.45) is 11.7 Å². The molecule has 18 heavy (non-hydrogen) atoms. The second kappa shape index (κ2) is 6.10. The Morgan fingerprint density at radius 2 is 2.11 bits per heavy atom. The van der Waals surface area contributed by atoms with E-state index >= 15 is 0 Å². The maximum absolute atomic E-state index is 5.85. The molecule has 2 N–H and O–H groups in total. The van der Waals surface area contributed by atoms with Crippen LogP contribution in [0.3, 0.4) is 0 Å². The van der Waals surface area contributed by atoms with Gasteiger partial charge in [0.15, 0.2) is 11.5 Å². The van der Waals surface area contributed by atoms with Crippen molar-refractivity contribution in [1.29, 1.82) is 0 Å². The summed E-state index contributed by atoms with van der Waals surface area (Å²) in [5, 5.41) is 0. The normalized spacial score (nSPS) is 16.4. The van der Waals surface area contributed by atoms with Crippen molar-refractivity contribution in [2.45, 2.75) is 32.1 Å². The average molecular weight is 249 g/mol. The molecule has 1 atom stereocenters. The van der Waals surface area contributed by atoms with Gasteiger partial charge in [0, 0.05) is 0 Å². The zero-order valence-corrected chi connectivity index (χ0v) is 11.3. The molecule has 100 valence electrons. The van der Waals surface area contributed by atoms with Gasteiger partial charge in [0.2, 0.25) is 0 Å². The van der Waals surface area contributed by atoms with Gasteiger partial charge in [0.1, 0.15) is 0 Å². The van der Waals surface area contributed by atoms with Gasteiger partial charge in [-0.1, -0.05) is 25.8 Å². The fourth-order valence-electron chi connectivity index (χ4n) is 1.99. The summed E-state index contributed by atoms with van der Waals surface area (Å²) in [5.74, 6) is 2.89. The SMILES string of the molecule is COc1ccc(C(C)CN)cc1OCCC1CC1. The number of nitrogens with two attached hydrogens (primary N) is 1. The van der Waals surface area contributed by atoms with Crippen LogP contribution in [0, 0.1) is 5.92 Å². The molecule has 0 aromatic heterocycles. The van der Waals surface area contributed by atoms with Crippen LogP contribution in [0.25, 0.3) is 0 Å². The number of hydrogen-bond donors (Lipinski definition) is 1. The minimum Gasteiger partial charge on any atom is -0.493 e. The fourth-order valence-corrected chi connectivity index (χ4v) is 1.99. The molecule has 0 amide bonds. The van der Waals surface area contributed by atoms with Crippen LogP contribution in [0.15, 0.2) is 18.2 Å². The van der Waals surface area contributed by atoms with Gasteiger partial charge in [0.25, 0.3) is 0 Å². The van der Waals surface area contributed by atoms with Crippen LogP contribution in [0.5, 0.6) is 11.5 Å². The summed E-state index contributed by atoms with van der Waals surface area (Å²) in [7, 11) is 1.68. The highest BCUT2D eigenvalue weighted by atomic mass is 16.5. The predicted molar refractivity (Wildman–Crippen MR) is 73.3 cm³/mol. The van der Waals surface area contributed by atoms with Crippen LogP contribution in [0.1, 0.15) is 37.7 Å². The standard InChI is InChI=1S/C15H23NO2/c1-11(10-16)13-5-6-14(17-2)15(9-13)18-8-7-12-3-4-12/h5-6,9,11-12H,3-4,7-8,10,16H2,1-2H3. The van der Waals surface area contributed by atoms with Crippen molar-refractivity contribution in [3.05, 3.63) is 23.8 Å². The summed E-state index contributed by atoms with van der Waals surface area (Å²) in [5.41, 5.74) is 6.91. The Hall–Kier alpha value is -1.22. The minimum atomic E-state index is 0.349. The molecule has 1 unspecified atom stereocenters. The maximum atomic E-state index is 5.85. The quantitative estimate of drug-likeness (QED) is 0.808. The summed E-state index contributed by atoms with van der Waals surface area (Å²) in [6.45, 7) is 3.55. The molecule has 1 fully saturated rings. The van der Waals surface area contributed by atoms with Gasteiger partial charge in [-0.3, -0.25) is 0 Å². The third-order valence-electron chi connectivity index (χ3n) is 3.59. The molecule has 0 aliphatic heterocycles. The predicted octanol–water partition coefficient (Wildman–Crippen LogP) is 2.94. The molecule has 1 aromatic carbocycles. The van der Waals surface area contributed by atoms with Crippen LogP contribution >= 0.6 is 0 Å². The monoisotopic (exact) mass is 249 g/mol. The van der Waals surface area contributed by atoms with Crippen LogP contribution < -0.4 is 15.2 Å². The molecule has 1 aliphatic rings. The Labute approximate surface area is 109 Å². The van der Waals surface area contributed by atoms with Crippen molar-refractivity contribution >= 4 is 0 Å². The second-order valence-electron chi connectivity index (χ2n) is 5.13. The largest absolute Gasteiger partial charge is 0.493 e. The Morgan fingerprint density at radius 1 is 1.33 bits per heavy atom. The summed E-state index contributed by atoms with van der Waals surface area (Å²) in [6.07, 6.45) is 3.88. The van der Waals surface area contributed by atoms with E-state index in [0.29, 0.717) is 12.5 Å². The first-order valence-corrected chi connectivity index (χ1v) is 6.75. The molecule has 2 rings (SSSR count). The maximum Gasteiger partial charge on any atom is 0.161 e. The van der Waals surface area contributed by atoms with Crippen molar-refractivity contribution in [2.75, 3.05) is 20.3 Å². The molecular formula is C15H23NO2. The lowest BCUT2D eigenvalue weighted by Gasteiger charge is -2.15. The highest BCUT2D eigenvalue weighted by Gasteiger charge is 2.21. The summed E-state index contributed by atoms with van der Waals surface area (Å²) in [6, 6.07) is 6.08. The zero-order chi connectivity index (χ0) is 13.0. The van der Waals surface area contributed by atoms with Crippen LogP contribution in [0.4, 0.5) is 0 Å². The van der Waals surface area contributed by atoms with Gasteiger partial charge in [-0.25, -0.2) is 0 Å². The first-order chi connectivity index (χ1) is 8.74. The molecule has 1 aliphatic carbocycles. The van der Waals surface area contributed by atoms with Gasteiger partial charge >= 0.3 is 0 Å². The Morgan fingerprint density at radius 3 is 2.72 bits per heavy atom. The molecule has 1 saturated carbocycles. The van der Waals surface area contributed by atoms with Gasteiger partial charge < -0.3 is 15.2 Å². The first-order valence-electron chi connectivity index (χ1n) is 6.75. The van der Waals surface area contributed by atoms with Crippen molar-refractivity contribution in [1.82, 2.24) is 0 Å². The Bertz CT molecular complexity index is 388. The van der Waals surface area contributed by atoms with Gasteiger partial charge in [-0.15, -0.1) is 0 Å². The molecule has 0 radical (unpaired) electrons. The van der Waals surface area contributed by atoms with Crippen molar-refractivity contribution in [3.8, 4) is 11.5 Å². The molecule has 3 heteroatoms. The van der Waals surface area contributed by atoms with E-state index in [0.717, 1.165) is 30.4 Å². The van der Waals surface area contributed by atoms with Crippen LogP contribution in [0.2, 0.25) is 0 Å². The van der Waals surface area contributed by atoms with E-state index in [1.165, 1.54) is 18.4 Å². The van der Waals surface area contributed by atoms with Crippen molar-refractivity contribution in [3.63, 3.8) is 0 Å². The van der Waals surface area contributed by atoms with E-state index in [9.17, 15) is 0 Å². The Kier molecular flexibility index (Phi) is 4.48. The number of benzene rings is 1. The third kappa shape index (κ3) is 3.39. The lowest BCUT2D eigenvalue weighted by atomic mass is 10.0. The van der Waals surface area contributed by atoms with E-state index < -0.39 is 0 Å². The number of hydrogen-bond acceptors (Lipinski definition) is 3. The smallest absolute Gasteiger partial charge is 0.161 e.